The van der Waals surface area contributed by atoms with Gasteiger partial charge in [0.15, 0.2) is 0 Å². The summed E-state index contributed by atoms with van der Waals surface area (Å²) in [6.07, 6.45) is 5.51. The Morgan fingerprint density at radius 1 is 1.21 bits per heavy atom. The lowest BCUT2D eigenvalue weighted by Gasteiger charge is -2.21. The van der Waals surface area contributed by atoms with E-state index in [-0.39, 0.29) is 5.91 Å². The fraction of sp³-hybridized carbons (Fsp3) is 0.562. The average Bonchev–Trinajstić information content (AvgIpc) is 3.29. The van der Waals surface area contributed by atoms with E-state index >= 15 is 0 Å². The van der Waals surface area contributed by atoms with E-state index in [1.165, 1.54) is 31.4 Å². The first-order chi connectivity index (χ1) is 9.19. The minimum Gasteiger partial charge on any atom is -0.382 e. The quantitative estimate of drug-likeness (QED) is 0.852. The Kier molecular flexibility index (Phi) is 3.21. The number of hydrogen-bond donors (Lipinski definition) is 2. The van der Waals surface area contributed by atoms with Crippen molar-refractivity contribution in [3.63, 3.8) is 0 Å². The zero-order valence-electron chi connectivity index (χ0n) is 11.7. The molecule has 1 amide bonds. The summed E-state index contributed by atoms with van der Waals surface area (Å²) in [5, 5.41) is 6.39. The minimum absolute atomic E-state index is 0.0180. The van der Waals surface area contributed by atoms with Gasteiger partial charge in [0, 0.05) is 24.3 Å². The molecule has 2 N–H and O–H groups in total. The third-order valence-corrected chi connectivity index (χ3v) is 4.30. The Labute approximate surface area is 114 Å². The molecule has 2 aliphatic rings. The fourth-order valence-corrected chi connectivity index (χ4v) is 2.82. The number of rotatable bonds is 5. The fourth-order valence-electron chi connectivity index (χ4n) is 2.82. The molecule has 0 aliphatic heterocycles. The maximum atomic E-state index is 11.6. The predicted molar refractivity (Wildman–Crippen MR) is 77.4 cm³/mol. The summed E-state index contributed by atoms with van der Waals surface area (Å²) in [5.74, 6) is 1.74. The molecular formula is C16H22N2O. The molecule has 102 valence electrons. The zero-order chi connectivity index (χ0) is 13.4. The third-order valence-electron chi connectivity index (χ3n) is 4.30. The lowest BCUT2D eigenvalue weighted by molar-refractivity contribution is 0.0963. The molecule has 1 aromatic rings. The van der Waals surface area contributed by atoms with E-state index in [9.17, 15) is 4.79 Å². The van der Waals surface area contributed by atoms with Gasteiger partial charge >= 0.3 is 0 Å². The van der Waals surface area contributed by atoms with Gasteiger partial charge in [-0.15, -0.1) is 0 Å². The smallest absolute Gasteiger partial charge is 0.251 e. The van der Waals surface area contributed by atoms with Crippen LogP contribution in [0, 0.1) is 18.8 Å². The average molecular weight is 258 g/mol. The molecule has 1 aromatic carbocycles. The molecule has 0 radical (unpaired) electrons. The highest BCUT2D eigenvalue weighted by Gasteiger charge is 2.41. The van der Waals surface area contributed by atoms with Crippen LogP contribution >= 0.6 is 0 Å². The van der Waals surface area contributed by atoms with Crippen LogP contribution in [0.25, 0.3) is 0 Å². The van der Waals surface area contributed by atoms with Crippen molar-refractivity contribution in [2.24, 2.45) is 11.8 Å². The molecule has 0 aromatic heterocycles. The molecule has 0 bridgehead atoms. The topological polar surface area (TPSA) is 41.1 Å². The molecule has 3 rings (SSSR count). The van der Waals surface area contributed by atoms with Crippen molar-refractivity contribution in [1.82, 2.24) is 5.32 Å². The Morgan fingerprint density at radius 3 is 2.32 bits per heavy atom. The Hall–Kier alpha value is -1.51. The molecule has 0 atom stereocenters. The Morgan fingerprint density at radius 2 is 1.84 bits per heavy atom. The number of amides is 1. The maximum absolute atomic E-state index is 11.6. The van der Waals surface area contributed by atoms with E-state index in [1.807, 2.05) is 12.1 Å². The van der Waals surface area contributed by atoms with E-state index < -0.39 is 0 Å². The van der Waals surface area contributed by atoms with Crippen molar-refractivity contribution >= 4 is 11.6 Å². The molecule has 0 spiro atoms. The number of hydrogen-bond acceptors (Lipinski definition) is 2. The van der Waals surface area contributed by atoms with E-state index in [1.54, 1.807) is 7.05 Å². The van der Waals surface area contributed by atoms with Gasteiger partial charge in [0.25, 0.3) is 5.91 Å². The summed E-state index contributed by atoms with van der Waals surface area (Å²) >= 11 is 0. The first-order valence-electron chi connectivity index (χ1n) is 7.28. The summed E-state index contributed by atoms with van der Waals surface area (Å²) in [5.41, 5.74) is 3.09. The first kappa shape index (κ1) is 12.5. The molecule has 2 fully saturated rings. The highest BCUT2D eigenvalue weighted by atomic mass is 16.1. The summed E-state index contributed by atoms with van der Waals surface area (Å²) in [6, 6.07) is 6.59. The van der Waals surface area contributed by atoms with E-state index in [0.29, 0.717) is 6.04 Å². The number of aryl methyl sites for hydroxylation is 1. The summed E-state index contributed by atoms with van der Waals surface area (Å²) in [6.45, 7) is 2.08. The molecule has 3 heteroatoms. The Bertz CT molecular complexity index is 478. The Balaban J connectivity index is 1.75. The van der Waals surface area contributed by atoms with Crippen LogP contribution in [0.4, 0.5) is 5.69 Å². The SMILES string of the molecule is CNC(=O)c1ccc(NC(C2CC2)C2CC2)c(C)c1. The lowest BCUT2D eigenvalue weighted by atomic mass is 10.0. The monoisotopic (exact) mass is 258 g/mol. The van der Waals surface area contributed by atoms with E-state index in [2.05, 4.69) is 23.6 Å². The second kappa shape index (κ2) is 4.87. The van der Waals surface area contributed by atoms with Gasteiger partial charge in [0.05, 0.1) is 0 Å². The van der Waals surface area contributed by atoms with Crippen molar-refractivity contribution in [2.75, 3.05) is 12.4 Å². The van der Waals surface area contributed by atoms with Gasteiger partial charge in [-0.1, -0.05) is 0 Å². The number of carbonyl (C=O) groups excluding carboxylic acids is 1. The molecule has 3 nitrogen and oxygen atoms in total. The van der Waals surface area contributed by atoms with Crippen LogP contribution in [-0.2, 0) is 0 Å². The standard InChI is InChI=1S/C16H22N2O/c1-10-9-13(16(19)17-2)7-8-14(10)18-15(11-3-4-11)12-5-6-12/h7-9,11-12,15,18H,3-6H2,1-2H3,(H,17,19). The van der Waals surface area contributed by atoms with Crippen LogP contribution in [0.15, 0.2) is 18.2 Å². The van der Waals surface area contributed by atoms with Crippen molar-refractivity contribution in [2.45, 2.75) is 38.6 Å². The molecule has 0 heterocycles. The van der Waals surface area contributed by atoms with E-state index in [4.69, 9.17) is 0 Å². The van der Waals surface area contributed by atoms with Crippen molar-refractivity contribution < 1.29 is 4.79 Å². The number of nitrogens with one attached hydrogen (secondary N) is 2. The zero-order valence-corrected chi connectivity index (χ0v) is 11.7. The number of benzene rings is 1. The molecule has 0 unspecified atom stereocenters. The molecular weight excluding hydrogens is 236 g/mol. The number of anilines is 1. The molecule has 19 heavy (non-hydrogen) atoms. The van der Waals surface area contributed by atoms with Crippen LogP contribution in [0.1, 0.15) is 41.6 Å². The van der Waals surface area contributed by atoms with E-state index in [0.717, 1.165) is 23.0 Å². The molecule has 2 saturated carbocycles. The van der Waals surface area contributed by atoms with Gasteiger partial charge in [0.2, 0.25) is 0 Å². The van der Waals surface area contributed by atoms with Gasteiger partial charge < -0.3 is 10.6 Å². The van der Waals surface area contributed by atoms with Crippen molar-refractivity contribution in [3.05, 3.63) is 29.3 Å². The predicted octanol–water partition coefficient (Wildman–Crippen LogP) is 2.96. The highest BCUT2D eigenvalue weighted by molar-refractivity contribution is 5.94. The largest absolute Gasteiger partial charge is 0.382 e. The van der Waals surface area contributed by atoms with Crippen molar-refractivity contribution in [1.29, 1.82) is 0 Å². The van der Waals surface area contributed by atoms with Gasteiger partial charge in [-0.2, -0.15) is 0 Å². The van der Waals surface area contributed by atoms with Crippen LogP contribution in [0.5, 0.6) is 0 Å². The van der Waals surface area contributed by atoms with Gasteiger partial charge in [-0.3, -0.25) is 4.79 Å². The first-order valence-corrected chi connectivity index (χ1v) is 7.28. The van der Waals surface area contributed by atoms with Crippen LogP contribution in [-0.4, -0.2) is 19.0 Å². The highest BCUT2D eigenvalue weighted by Crippen LogP contribution is 2.46. The maximum Gasteiger partial charge on any atom is 0.251 e. The van der Waals surface area contributed by atoms with Crippen LogP contribution in [0.3, 0.4) is 0 Å². The number of carbonyl (C=O) groups is 1. The lowest BCUT2D eigenvalue weighted by Crippen LogP contribution is -2.25. The second-order valence-electron chi connectivity index (χ2n) is 5.95. The summed E-state index contributed by atoms with van der Waals surface area (Å²) < 4.78 is 0. The minimum atomic E-state index is -0.0180. The molecule has 0 saturated heterocycles. The van der Waals surface area contributed by atoms with Gasteiger partial charge in [0.1, 0.15) is 0 Å². The van der Waals surface area contributed by atoms with Gasteiger partial charge in [-0.05, 0) is 68.2 Å². The second-order valence-corrected chi connectivity index (χ2v) is 5.95. The summed E-state index contributed by atoms with van der Waals surface area (Å²) in [7, 11) is 1.67. The van der Waals surface area contributed by atoms with Crippen molar-refractivity contribution in [3.8, 4) is 0 Å². The molecule has 2 aliphatic carbocycles. The summed E-state index contributed by atoms with van der Waals surface area (Å²) in [4.78, 5) is 11.6. The van der Waals surface area contributed by atoms with Gasteiger partial charge in [-0.25, -0.2) is 0 Å². The third kappa shape index (κ3) is 2.75. The normalized spacial score (nSPS) is 18.5. The van der Waals surface area contributed by atoms with Crippen LogP contribution < -0.4 is 10.6 Å². The van der Waals surface area contributed by atoms with Crippen LogP contribution in [0.2, 0.25) is 0 Å².